The van der Waals surface area contributed by atoms with Gasteiger partial charge in [-0.2, -0.15) is 0 Å². The van der Waals surface area contributed by atoms with E-state index in [1.165, 1.54) is 0 Å². The van der Waals surface area contributed by atoms with E-state index in [0.717, 1.165) is 17.1 Å². The first-order chi connectivity index (χ1) is 12.0. The van der Waals surface area contributed by atoms with Crippen molar-refractivity contribution < 1.29 is 19.0 Å². The Morgan fingerprint density at radius 2 is 1.72 bits per heavy atom. The van der Waals surface area contributed by atoms with Gasteiger partial charge in [0.25, 0.3) is 5.91 Å². The van der Waals surface area contributed by atoms with E-state index < -0.39 is 6.10 Å². The van der Waals surface area contributed by atoms with Crippen LogP contribution in [0.3, 0.4) is 0 Å². The largest absolute Gasteiger partial charge is 0.497 e. The van der Waals surface area contributed by atoms with Crippen LogP contribution in [0.2, 0.25) is 0 Å². The van der Waals surface area contributed by atoms with E-state index in [0.29, 0.717) is 18.9 Å². The van der Waals surface area contributed by atoms with E-state index in [2.05, 4.69) is 0 Å². The van der Waals surface area contributed by atoms with Gasteiger partial charge >= 0.3 is 0 Å². The fourth-order valence-electron chi connectivity index (χ4n) is 2.48. The Bertz CT molecular complexity index is 684. The molecule has 1 amide bonds. The molecule has 0 aliphatic heterocycles. The van der Waals surface area contributed by atoms with Gasteiger partial charge in [0.05, 0.1) is 13.7 Å². The monoisotopic (exact) mass is 343 g/mol. The topological polar surface area (TPSA) is 48.0 Å². The van der Waals surface area contributed by atoms with Crippen molar-refractivity contribution in [3.05, 3.63) is 54.1 Å². The van der Waals surface area contributed by atoms with Crippen LogP contribution in [0.1, 0.15) is 19.4 Å². The number of rotatable bonds is 8. The lowest BCUT2D eigenvalue weighted by atomic mass is 10.2. The van der Waals surface area contributed by atoms with Crippen LogP contribution in [0, 0.1) is 0 Å². The number of methoxy groups -OCH3 is 1. The van der Waals surface area contributed by atoms with Crippen molar-refractivity contribution in [3.63, 3.8) is 0 Å². The SMILES string of the molecule is CCOc1ccccc1CN(C)C(=O)C(C)Oc1ccc(OC)cc1. The van der Waals surface area contributed by atoms with E-state index in [1.807, 2.05) is 31.2 Å². The Kier molecular flexibility index (Phi) is 6.69. The average molecular weight is 343 g/mol. The highest BCUT2D eigenvalue weighted by molar-refractivity contribution is 5.80. The number of nitrogens with zero attached hydrogens (tertiary/aromatic N) is 1. The summed E-state index contributed by atoms with van der Waals surface area (Å²) in [4.78, 5) is 14.2. The van der Waals surface area contributed by atoms with Crippen LogP contribution in [0.5, 0.6) is 17.2 Å². The number of carbonyl (C=O) groups excluding carboxylic acids is 1. The number of likely N-dealkylation sites (N-methyl/N-ethyl adjacent to an activating group) is 1. The van der Waals surface area contributed by atoms with Crippen LogP contribution in [-0.2, 0) is 11.3 Å². The van der Waals surface area contributed by atoms with Gasteiger partial charge in [-0.1, -0.05) is 18.2 Å². The normalized spacial score (nSPS) is 11.5. The molecule has 0 aliphatic rings. The lowest BCUT2D eigenvalue weighted by Gasteiger charge is -2.23. The van der Waals surface area contributed by atoms with E-state index in [9.17, 15) is 4.79 Å². The Morgan fingerprint density at radius 3 is 2.36 bits per heavy atom. The fourth-order valence-corrected chi connectivity index (χ4v) is 2.48. The number of carbonyl (C=O) groups is 1. The predicted molar refractivity (Wildman–Crippen MR) is 97.2 cm³/mol. The third-order valence-corrected chi connectivity index (χ3v) is 3.78. The highest BCUT2D eigenvalue weighted by Crippen LogP contribution is 2.21. The standard InChI is InChI=1S/C20H25NO4/c1-5-24-19-9-7-6-8-16(19)14-21(3)20(22)15(2)25-18-12-10-17(23-4)11-13-18/h6-13,15H,5,14H2,1-4H3. The first kappa shape index (κ1) is 18.6. The van der Waals surface area contributed by atoms with Crippen molar-refractivity contribution >= 4 is 5.91 Å². The zero-order valence-corrected chi connectivity index (χ0v) is 15.2. The van der Waals surface area contributed by atoms with Gasteiger partial charge in [-0.05, 0) is 44.2 Å². The maximum atomic E-state index is 12.6. The van der Waals surface area contributed by atoms with Gasteiger partial charge in [0.1, 0.15) is 17.2 Å². The van der Waals surface area contributed by atoms with Crippen molar-refractivity contribution in [3.8, 4) is 17.2 Å². The Balaban J connectivity index is 1.98. The van der Waals surface area contributed by atoms with Gasteiger partial charge in [0.15, 0.2) is 6.10 Å². The molecule has 25 heavy (non-hydrogen) atoms. The van der Waals surface area contributed by atoms with Gasteiger partial charge in [-0.25, -0.2) is 0 Å². The van der Waals surface area contributed by atoms with Gasteiger partial charge in [-0.3, -0.25) is 4.79 Å². The second-order valence-corrected chi connectivity index (χ2v) is 5.67. The van der Waals surface area contributed by atoms with Crippen LogP contribution in [0.4, 0.5) is 0 Å². The Morgan fingerprint density at radius 1 is 1.08 bits per heavy atom. The summed E-state index contributed by atoms with van der Waals surface area (Å²) in [5.74, 6) is 2.08. The van der Waals surface area contributed by atoms with Crippen molar-refractivity contribution in [2.45, 2.75) is 26.5 Å². The average Bonchev–Trinajstić information content (AvgIpc) is 2.63. The number of ether oxygens (including phenoxy) is 3. The summed E-state index contributed by atoms with van der Waals surface area (Å²) in [5.41, 5.74) is 0.969. The molecule has 0 bridgehead atoms. The highest BCUT2D eigenvalue weighted by atomic mass is 16.5. The zero-order chi connectivity index (χ0) is 18.2. The lowest BCUT2D eigenvalue weighted by Crippen LogP contribution is -2.37. The molecule has 2 aromatic carbocycles. The molecule has 1 unspecified atom stereocenters. The molecule has 134 valence electrons. The van der Waals surface area contributed by atoms with E-state index in [-0.39, 0.29) is 5.91 Å². The summed E-state index contributed by atoms with van der Waals surface area (Å²) in [7, 11) is 3.37. The number of para-hydroxylation sites is 1. The summed E-state index contributed by atoms with van der Waals surface area (Å²) in [6.07, 6.45) is -0.586. The minimum absolute atomic E-state index is 0.0953. The lowest BCUT2D eigenvalue weighted by molar-refractivity contribution is -0.137. The molecule has 0 radical (unpaired) electrons. The maximum Gasteiger partial charge on any atom is 0.263 e. The molecule has 0 aliphatic carbocycles. The molecule has 0 heterocycles. The minimum Gasteiger partial charge on any atom is -0.497 e. The van der Waals surface area contributed by atoms with Crippen molar-refractivity contribution in [2.75, 3.05) is 20.8 Å². The molecule has 2 aromatic rings. The van der Waals surface area contributed by atoms with Crippen LogP contribution in [0.25, 0.3) is 0 Å². The van der Waals surface area contributed by atoms with E-state index in [4.69, 9.17) is 14.2 Å². The Labute approximate surface area is 149 Å². The number of benzene rings is 2. The molecule has 1 atom stereocenters. The van der Waals surface area contributed by atoms with Gasteiger partial charge in [-0.15, -0.1) is 0 Å². The van der Waals surface area contributed by atoms with Crippen molar-refractivity contribution in [1.29, 1.82) is 0 Å². The molecule has 0 fully saturated rings. The number of hydrogen-bond donors (Lipinski definition) is 0. The molecule has 0 saturated heterocycles. The maximum absolute atomic E-state index is 12.6. The first-order valence-corrected chi connectivity index (χ1v) is 8.31. The van der Waals surface area contributed by atoms with Crippen LogP contribution in [-0.4, -0.2) is 37.7 Å². The van der Waals surface area contributed by atoms with Gasteiger partial charge in [0.2, 0.25) is 0 Å². The van der Waals surface area contributed by atoms with E-state index >= 15 is 0 Å². The number of hydrogen-bond acceptors (Lipinski definition) is 4. The first-order valence-electron chi connectivity index (χ1n) is 8.31. The Hall–Kier alpha value is -2.69. The third kappa shape index (κ3) is 5.14. The molecule has 0 saturated carbocycles. The van der Waals surface area contributed by atoms with Crippen molar-refractivity contribution in [2.24, 2.45) is 0 Å². The van der Waals surface area contributed by atoms with E-state index in [1.54, 1.807) is 50.2 Å². The third-order valence-electron chi connectivity index (χ3n) is 3.78. The van der Waals surface area contributed by atoms with Crippen LogP contribution in [0.15, 0.2) is 48.5 Å². The second kappa shape index (κ2) is 8.97. The quantitative estimate of drug-likeness (QED) is 0.736. The molecule has 0 spiro atoms. The molecular formula is C20H25NO4. The molecule has 0 N–H and O–H groups in total. The van der Waals surface area contributed by atoms with Crippen LogP contribution >= 0.6 is 0 Å². The van der Waals surface area contributed by atoms with Gasteiger partial charge in [0, 0.05) is 19.2 Å². The number of amides is 1. The predicted octanol–water partition coefficient (Wildman–Crippen LogP) is 3.52. The van der Waals surface area contributed by atoms with Crippen LogP contribution < -0.4 is 14.2 Å². The zero-order valence-electron chi connectivity index (χ0n) is 15.2. The second-order valence-electron chi connectivity index (χ2n) is 5.67. The smallest absolute Gasteiger partial charge is 0.263 e. The molecular weight excluding hydrogens is 318 g/mol. The summed E-state index contributed by atoms with van der Waals surface area (Å²) in [6.45, 7) is 4.74. The molecule has 0 aromatic heterocycles. The fraction of sp³-hybridized carbons (Fsp3) is 0.350. The highest BCUT2D eigenvalue weighted by Gasteiger charge is 2.20. The summed E-state index contributed by atoms with van der Waals surface area (Å²) >= 11 is 0. The summed E-state index contributed by atoms with van der Waals surface area (Å²) in [5, 5.41) is 0. The molecule has 2 rings (SSSR count). The summed E-state index contributed by atoms with van der Waals surface area (Å²) < 4.78 is 16.5. The van der Waals surface area contributed by atoms with Crippen molar-refractivity contribution in [1.82, 2.24) is 4.90 Å². The minimum atomic E-state index is -0.586. The van der Waals surface area contributed by atoms with Gasteiger partial charge < -0.3 is 19.1 Å². The summed E-state index contributed by atoms with van der Waals surface area (Å²) in [6, 6.07) is 14.9. The molecule has 5 nitrogen and oxygen atoms in total. The molecule has 5 heteroatoms.